The third-order valence-corrected chi connectivity index (χ3v) is 4.12. The van der Waals surface area contributed by atoms with E-state index in [2.05, 4.69) is 19.2 Å². The van der Waals surface area contributed by atoms with Crippen LogP contribution in [0.3, 0.4) is 0 Å². The van der Waals surface area contributed by atoms with E-state index in [9.17, 15) is 14.9 Å². The number of nitro groups is 1. The van der Waals surface area contributed by atoms with Gasteiger partial charge < -0.3 is 5.32 Å². The summed E-state index contributed by atoms with van der Waals surface area (Å²) in [5.74, 6) is -0.0776. The highest BCUT2D eigenvalue weighted by Crippen LogP contribution is 2.27. The number of hydrogen-bond acceptors (Lipinski definition) is 3. The fourth-order valence-corrected chi connectivity index (χ4v) is 2.70. The van der Waals surface area contributed by atoms with E-state index in [-0.39, 0.29) is 17.3 Å². The van der Waals surface area contributed by atoms with Crippen LogP contribution >= 0.6 is 0 Å². The second-order valence-corrected chi connectivity index (χ2v) is 6.83. The zero-order valence-corrected chi connectivity index (χ0v) is 15.1. The molecule has 2 aromatic rings. The third-order valence-electron chi connectivity index (χ3n) is 4.12. The maximum Gasteiger partial charge on any atom is 0.293 e. The Morgan fingerprint density at radius 1 is 1.12 bits per heavy atom. The molecule has 0 aromatic heterocycles. The van der Waals surface area contributed by atoms with Gasteiger partial charge in [-0.2, -0.15) is 0 Å². The summed E-state index contributed by atoms with van der Waals surface area (Å²) in [6.07, 6.45) is 0.996. The molecule has 0 radical (unpaired) electrons. The quantitative estimate of drug-likeness (QED) is 0.604. The van der Waals surface area contributed by atoms with Crippen LogP contribution in [0.15, 0.2) is 42.5 Å². The largest absolute Gasteiger partial charge is 0.320 e. The standard InChI is InChI=1S/C20H24N2O3/c1-13(2)11-16-6-8-17(9-7-16)15(4)20(23)21-18-10-5-14(3)12-19(18)22(24)25/h5-10,12-13,15H,11H2,1-4H3,(H,21,23). The van der Waals surface area contributed by atoms with Crippen molar-refractivity contribution in [2.45, 2.75) is 40.0 Å². The summed E-state index contributed by atoms with van der Waals surface area (Å²) in [5.41, 5.74) is 3.04. The molecule has 0 heterocycles. The van der Waals surface area contributed by atoms with Gasteiger partial charge in [-0.15, -0.1) is 0 Å². The number of amides is 1. The van der Waals surface area contributed by atoms with Crippen LogP contribution in [0, 0.1) is 23.0 Å². The van der Waals surface area contributed by atoms with Gasteiger partial charge in [-0.25, -0.2) is 0 Å². The fraction of sp³-hybridized carbons (Fsp3) is 0.350. The first kappa shape index (κ1) is 18.6. The summed E-state index contributed by atoms with van der Waals surface area (Å²) in [7, 11) is 0. The first-order valence-electron chi connectivity index (χ1n) is 8.42. The van der Waals surface area contributed by atoms with Crippen molar-refractivity contribution < 1.29 is 9.72 Å². The van der Waals surface area contributed by atoms with E-state index in [1.54, 1.807) is 26.0 Å². The van der Waals surface area contributed by atoms with Crippen LogP contribution in [0.2, 0.25) is 0 Å². The van der Waals surface area contributed by atoms with Crippen molar-refractivity contribution in [3.63, 3.8) is 0 Å². The van der Waals surface area contributed by atoms with Crippen molar-refractivity contribution in [2.24, 2.45) is 5.92 Å². The van der Waals surface area contributed by atoms with Crippen molar-refractivity contribution >= 4 is 17.3 Å². The van der Waals surface area contributed by atoms with Gasteiger partial charge in [-0.05, 0) is 48.9 Å². The molecule has 2 aromatic carbocycles. The topological polar surface area (TPSA) is 72.2 Å². The Kier molecular flexibility index (Phi) is 5.91. The number of carbonyl (C=O) groups is 1. The summed E-state index contributed by atoms with van der Waals surface area (Å²) >= 11 is 0. The van der Waals surface area contributed by atoms with E-state index in [1.807, 2.05) is 24.3 Å². The van der Waals surface area contributed by atoms with Gasteiger partial charge in [0.05, 0.1) is 10.8 Å². The Hall–Kier alpha value is -2.69. The van der Waals surface area contributed by atoms with Crippen molar-refractivity contribution in [1.82, 2.24) is 0 Å². The van der Waals surface area contributed by atoms with Gasteiger partial charge in [0.15, 0.2) is 0 Å². The van der Waals surface area contributed by atoms with Gasteiger partial charge in [0.2, 0.25) is 5.91 Å². The second kappa shape index (κ2) is 7.92. The van der Waals surface area contributed by atoms with Gasteiger partial charge in [0.1, 0.15) is 5.69 Å². The lowest BCUT2D eigenvalue weighted by atomic mass is 9.96. The monoisotopic (exact) mass is 340 g/mol. The number of aryl methyl sites for hydroxylation is 1. The molecule has 5 nitrogen and oxygen atoms in total. The minimum absolute atomic E-state index is 0.0900. The number of nitro benzene ring substituents is 1. The van der Waals surface area contributed by atoms with E-state index in [4.69, 9.17) is 0 Å². The predicted molar refractivity (Wildman–Crippen MR) is 99.9 cm³/mol. The highest BCUT2D eigenvalue weighted by atomic mass is 16.6. The number of hydrogen-bond donors (Lipinski definition) is 1. The van der Waals surface area contributed by atoms with Crippen LogP contribution in [0.4, 0.5) is 11.4 Å². The predicted octanol–water partition coefficient (Wildman–Crippen LogP) is 4.84. The lowest BCUT2D eigenvalue weighted by Gasteiger charge is -2.14. The molecule has 0 aliphatic rings. The van der Waals surface area contributed by atoms with Crippen LogP contribution in [0.25, 0.3) is 0 Å². The third kappa shape index (κ3) is 4.89. The average Bonchev–Trinajstić information content (AvgIpc) is 2.55. The molecule has 0 saturated heterocycles. The van der Waals surface area contributed by atoms with Crippen LogP contribution in [0.5, 0.6) is 0 Å². The summed E-state index contributed by atoms with van der Waals surface area (Å²) < 4.78 is 0. The van der Waals surface area contributed by atoms with Crippen LogP contribution < -0.4 is 5.32 Å². The Morgan fingerprint density at radius 3 is 2.32 bits per heavy atom. The van der Waals surface area contributed by atoms with Crippen LogP contribution in [-0.2, 0) is 11.2 Å². The number of anilines is 1. The van der Waals surface area contributed by atoms with Crippen LogP contribution in [-0.4, -0.2) is 10.8 Å². The minimum atomic E-state index is -0.478. The molecule has 0 saturated carbocycles. The van der Waals surface area contributed by atoms with Crippen molar-refractivity contribution in [3.05, 3.63) is 69.3 Å². The van der Waals surface area contributed by atoms with Gasteiger partial charge >= 0.3 is 0 Å². The molecule has 0 aliphatic carbocycles. The Bertz CT molecular complexity index is 767. The number of rotatable bonds is 6. The molecule has 2 rings (SSSR count). The zero-order chi connectivity index (χ0) is 18.6. The van der Waals surface area contributed by atoms with E-state index >= 15 is 0 Å². The molecule has 1 N–H and O–H groups in total. The Morgan fingerprint density at radius 2 is 1.76 bits per heavy atom. The lowest BCUT2D eigenvalue weighted by molar-refractivity contribution is -0.384. The molecule has 0 bridgehead atoms. The molecule has 0 aliphatic heterocycles. The Balaban J connectivity index is 2.14. The van der Waals surface area contributed by atoms with Crippen molar-refractivity contribution in [3.8, 4) is 0 Å². The highest BCUT2D eigenvalue weighted by Gasteiger charge is 2.20. The molecule has 132 valence electrons. The van der Waals surface area contributed by atoms with Crippen LogP contribution in [0.1, 0.15) is 43.4 Å². The summed E-state index contributed by atoms with van der Waals surface area (Å²) in [6, 6.07) is 12.7. The maximum absolute atomic E-state index is 12.5. The maximum atomic E-state index is 12.5. The lowest BCUT2D eigenvalue weighted by Crippen LogP contribution is -2.19. The van der Waals surface area contributed by atoms with Crippen molar-refractivity contribution in [2.75, 3.05) is 5.32 Å². The second-order valence-electron chi connectivity index (χ2n) is 6.83. The number of nitrogens with one attached hydrogen (secondary N) is 1. The SMILES string of the molecule is Cc1ccc(NC(=O)C(C)c2ccc(CC(C)C)cc2)c([N+](=O)[O-])c1. The zero-order valence-electron chi connectivity index (χ0n) is 15.1. The van der Waals surface area contributed by atoms with Crippen molar-refractivity contribution in [1.29, 1.82) is 0 Å². The van der Waals surface area contributed by atoms with E-state index in [0.717, 1.165) is 17.5 Å². The first-order valence-corrected chi connectivity index (χ1v) is 8.42. The highest BCUT2D eigenvalue weighted by molar-refractivity contribution is 5.97. The molecule has 1 atom stereocenters. The first-order chi connectivity index (χ1) is 11.8. The minimum Gasteiger partial charge on any atom is -0.320 e. The Labute approximate surface area is 148 Å². The van der Waals surface area contributed by atoms with Gasteiger partial charge in [-0.1, -0.05) is 44.2 Å². The van der Waals surface area contributed by atoms with E-state index < -0.39 is 10.8 Å². The normalized spacial score (nSPS) is 12.0. The summed E-state index contributed by atoms with van der Waals surface area (Å²) in [6.45, 7) is 7.91. The number of nitrogens with zero attached hydrogens (tertiary/aromatic N) is 1. The average molecular weight is 340 g/mol. The number of carbonyl (C=O) groups excluding carboxylic acids is 1. The molecule has 0 spiro atoms. The summed E-state index contributed by atoms with van der Waals surface area (Å²) in [5, 5.41) is 13.9. The molecule has 1 amide bonds. The van der Waals surface area contributed by atoms with Gasteiger partial charge in [-0.3, -0.25) is 14.9 Å². The molecule has 5 heteroatoms. The van der Waals surface area contributed by atoms with E-state index in [1.165, 1.54) is 11.6 Å². The van der Waals surface area contributed by atoms with Gasteiger partial charge in [0.25, 0.3) is 5.69 Å². The number of benzene rings is 2. The van der Waals surface area contributed by atoms with E-state index in [0.29, 0.717) is 5.92 Å². The molecule has 25 heavy (non-hydrogen) atoms. The molecular weight excluding hydrogens is 316 g/mol. The molecular formula is C20H24N2O3. The smallest absolute Gasteiger partial charge is 0.293 e. The fourth-order valence-electron chi connectivity index (χ4n) is 2.70. The van der Waals surface area contributed by atoms with Gasteiger partial charge in [0, 0.05) is 6.07 Å². The summed E-state index contributed by atoms with van der Waals surface area (Å²) in [4.78, 5) is 23.2. The molecule has 0 fully saturated rings. The molecule has 1 unspecified atom stereocenters.